The van der Waals surface area contributed by atoms with Crippen molar-refractivity contribution in [3.8, 4) is 0 Å². The molecule has 0 saturated carbocycles. The van der Waals surface area contributed by atoms with Crippen LogP contribution in [0.25, 0.3) is 0 Å². The third-order valence-corrected chi connectivity index (χ3v) is 5.48. The molecule has 7 nitrogen and oxygen atoms in total. The third-order valence-electron chi connectivity index (χ3n) is 5.48. The maximum atomic E-state index is 13.0. The number of rotatable bonds is 2. The topological polar surface area (TPSA) is 86.4 Å². The Morgan fingerprint density at radius 2 is 1.89 bits per heavy atom. The Balaban J connectivity index is 1.57. The molecule has 5 heterocycles. The van der Waals surface area contributed by atoms with Crippen molar-refractivity contribution < 1.29 is 9.59 Å². The van der Waals surface area contributed by atoms with Gasteiger partial charge in [-0.1, -0.05) is 0 Å². The van der Waals surface area contributed by atoms with E-state index in [1.165, 1.54) is 12.3 Å². The van der Waals surface area contributed by atoms with Gasteiger partial charge in [-0.15, -0.1) is 0 Å². The maximum Gasteiger partial charge on any atom is 0.259 e. The molecule has 27 heavy (non-hydrogen) atoms. The van der Waals surface area contributed by atoms with E-state index in [0.717, 1.165) is 18.5 Å². The Labute approximate surface area is 157 Å². The van der Waals surface area contributed by atoms with Crippen LogP contribution >= 0.6 is 0 Å². The molecule has 2 aromatic heterocycles. The van der Waals surface area contributed by atoms with Crippen LogP contribution in [0, 0.1) is 12.8 Å². The average Bonchev–Trinajstić information content (AvgIpc) is 2.99. The van der Waals surface area contributed by atoms with Gasteiger partial charge in [0, 0.05) is 61.6 Å². The Morgan fingerprint density at radius 3 is 2.63 bits per heavy atom. The van der Waals surface area contributed by atoms with Gasteiger partial charge in [0.2, 0.25) is 0 Å². The second-order valence-electron chi connectivity index (χ2n) is 7.39. The number of carbonyl (C=O) groups excluding carboxylic acids is 2. The summed E-state index contributed by atoms with van der Waals surface area (Å²) in [5.41, 5.74) is 1.24. The SMILES string of the molecule is Cc1cc(=O)c(C(=O)N2C[C@H]3CC[C@@H]2CN(C(=O)c2ccncc2)C3)c[nH]1. The van der Waals surface area contributed by atoms with E-state index in [-0.39, 0.29) is 34.8 Å². The number of fused-ring (bicyclic) bond motifs is 4. The predicted molar refractivity (Wildman–Crippen MR) is 99.5 cm³/mol. The Bertz CT molecular complexity index is 924. The number of aromatic amines is 1. The molecule has 1 N–H and O–H groups in total. The van der Waals surface area contributed by atoms with Crippen LogP contribution in [0.5, 0.6) is 0 Å². The van der Waals surface area contributed by atoms with Crippen LogP contribution in [0.4, 0.5) is 0 Å². The van der Waals surface area contributed by atoms with Crippen LogP contribution in [-0.4, -0.2) is 57.3 Å². The van der Waals surface area contributed by atoms with Gasteiger partial charge in [-0.3, -0.25) is 19.4 Å². The Morgan fingerprint density at radius 1 is 1.11 bits per heavy atom. The number of hydrogen-bond donors (Lipinski definition) is 1. The van der Waals surface area contributed by atoms with Crippen molar-refractivity contribution in [2.75, 3.05) is 19.6 Å². The fourth-order valence-electron chi connectivity index (χ4n) is 4.07. The number of nitrogens with zero attached hydrogens (tertiary/aromatic N) is 3. The van der Waals surface area contributed by atoms with E-state index in [4.69, 9.17) is 0 Å². The van der Waals surface area contributed by atoms with Gasteiger partial charge in [0.05, 0.1) is 0 Å². The van der Waals surface area contributed by atoms with Crippen LogP contribution in [0.2, 0.25) is 0 Å². The molecular formula is C20H22N4O3. The van der Waals surface area contributed by atoms with E-state index in [9.17, 15) is 14.4 Å². The van der Waals surface area contributed by atoms with Crippen LogP contribution < -0.4 is 5.43 Å². The van der Waals surface area contributed by atoms with Crippen molar-refractivity contribution in [2.24, 2.45) is 5.92 Å². The molecule has 3 aliphatic heterocycles. The summed E-state index contributed by atoms with van der Waals surface area (Å²) in [5, 5.41) is 0. The molecule has 0 aromatic carbocycles. The van der Waals surface area contributed by atoms with Gasteiger partial charge in [-0.25, -0.2) is 0 Å². The first-order chi connectivity index (χ1) is 13.0. The molecule has 5 rings (SSSR count). The highest BCUT2D eigenvalue weighted by atomic mass is 16.2. The van der Waals surface area contributed by atoms with E-state index in [0.29, 0.717) is 25.2 Å². The van der Waals surface area contributed by atoms with E-state index in [1.54, 1.807) is 36.4 Å². The highest BCUT2D eigenvalue weighted by Crippen LogP contribution is 2.29. The molecule has 7 heteroatoms. The minimum absolute atomic E-state index is 0.0308. The van der Waals surface area contributed by atoms with Gasteiger partial charge in [-0.05, 0) is 37.8 Å². The minimum atomic E-state index is -0.263. The van der Waals surface area contributed by atoms with Crippen molar-refractivity contribution in [3.63, 3.8) is 0 Å². The number of piperidine rings is 1. The molecule has 0 radical (unpaired) electrons. The molecule has 0 unspecified atom stereocenters. The zero-order valence-corrected chi connectivity index (χ0v) is 15.2. The molecule has 0 spiro atoms. The first-order valence-corrected chi connectivity index (χ1v) is 9.22. The molecule has 2 amide bonds. The summed E-state index contributed by atoms with van der Waals surface area (Å²) < 4.78 is 0. The number of carbonyl (C=O) groups is 2. The van der Waals surface area contributed by atoms with E-state index >= 15 is 0 Å². The molecular weight excluding hydrogens is 344 g/mol. The quantitative estimate of drug-likeness (QED) is 0.872. The van der Waals surface area contributed by atoms with Gasteiger partial charge in [-0.2, -0.15) is 0 Å². The third kappa shape index (κ3) is 3.37. The zero-order valence-electron chi connectivity index (χ0n) is 15.2. The van der Waals surface area contributed by atoms with Crippen molar-refractivity contribution in [1.29, 1.82) is 0 Å². The second-order valence-corrected chi connectivity index (χ2v) is 7.39. The summed E-state index contributed by atoms with van der Waals surface area (Å²) in [6, 6.07) is 4.80. The molecule has 2 aromatic rings. The van der Waals surface area contributed by atoms with Gasteiger partial charge in [0.15, 0.2) is 5.43 Å². The number of amides is 2. The summed E-state index contributed by atoms with van der Waals surface area (Å²) in [6.07, 6.45) is 6.55. The van der Waals surface area contributed by atoms with Crippen molar-refractivity contribution in [3.05, 3.63) is 63.8 Å². The van der Waals surface area contributed by atoms with Crippen molar-refractivity contribution >= 4 is 11.8 Å². The molecule has 3 saturated heterocycles. The first kappa shape index (κ1) is 17.5. The average molecular weight is 366 g/mol. The van der Waals surface area contributed by atoms with Crippen molar-refractivity contribution in [2.45, 2.75) is 25.8 Å². The number of aromatic nitrogens is 2. The largest absolute Gasteiger partial charge is 0.364 e. The summed E-state index contributed by atoms with van der Waals surface area (Å²) >= 11 is 0. The van der Waals surface area contributed by atoms with Crippen LogP contribution in [0.1, 0.15) is 39.3 Å². The standard InChI is InChI=1S/C20H22N4O3/c1-13-8-18(25)17(9-22-13)20(27)24-11-14-2-3-16(24)12-23(10-14)19(26)15-4-6-21-7-5-15/h4-9,14,16H,2-3,10-12H2,1H3,(H,22,25)/t14-,16+/m0/s1. The van der Waals surface area contributed by atoms with Crippen LogP contribution in [0.15, 0.2) is 41.6 Å². The number of H-pyrrole nitrogens is 1. The zero-order chi connectivity index (χ0) is 19.0. The molecule has 140 valence electrons. The van der Waals surface area contributed by atoms with E-state index in [1.807, 2.05) is 4.90 Å². The lowest BCUT2D eigenvalue weighted by molar-refractivity contribution is 0.0573. The van der Waals surface area contributed by atoms with Gasteiger partial charge < -0.3 is 14.8 Å². The van der Waals surface area contributed by atoms with Crippen LogP contribution in [-0.2, 0) is 0 Å². The Kier molecular flexibility index (Phi) is 4.51. The summed E-state index contributed by atoms with van der Waals surface area (Å²) in [4.78, 5) is 48.6. The van der Waals surface area contributed by atoms with E-state index in [2.05, 4.69) is 9.97 Å². The number of pyridine rings is 2. The summed E-state index contributed by atoms with van der Waals surface area (Å²) in [7, 11) is 0. The van der Waals surface area contributed by atoms with E-state index < -0.39 is 0 Å². The molecule has 3 fully saturated rings. The fourth-order valence-corrected chi connectivity index (χ4v) is 4.07. The molecule has 3 aliphatic rings. The molecule has 2 bridgehead atoms. The molecule has 2 atom stereocenters. The fraction of sp³-hybridized carbons (Fsp3) is 0.400. The number of hydrogen-bond acceptors (Lipinski definition) is 4. The maximum absolute atomic E-state index is 13.0. The smallest absolute Gasteiger partial charge is 0.259 e. The van der Waals surface area contributed by atoms with Gasteiger partial charge in [0.1, 0.15) is 5.56 Å². The normalized spacial score (nSPS) is 21.8. The number of nitrogens with one attached hydrogen (secondary N) is 1. The van der Waals surface area contributed by atoms with Gasteiger partial charge in [0.25, 0.3) is 11.8 Å². The predicted octanol–water partition coefficient (Wildman–Crippen LogP) is 1.46. The van der Waals surface area contributed by atoms with Gasteiger partial charge >= 0.3 is 0 Å². The summed E-state index contributed by atoms with van der Waals surface area (Å²) in [6.45, 7) is 3.49. The lowest BCUT2D eigenvalue weighted by Gasteiger charge is -2.36. The lowest BCUT2D eigenvalue weighted by atomic mass is 9.94. The molecule has 0 aliphatic carbocycles. The first-order valence-electron chi connectivity index (χ1n) is 9.22. The number of aryl methyl sites for hydroxylation is 1. The van der Waals surface area contributed by atoms with Crippen LogP contribution in [0.3, 0.4) is 0 Å². The second kappa shape index (κ2) is 6.98. The summed E-state index contributed by atoms with van der Waals surface area (Å²) in [5.74, 6) is -0.0519. The lowest BCUT2D eigenvalue weighted by Crippen LogP contribution is -2.48. The monoisotopic (exact) mass is 366 g/mol. The minimum Gasteiger partial charge on any atom is -0.364 e. The van der Waals surface area contributed by atoms with Crippen molar-refractivity contribution in [1.82, 2.24) is 19.8 Å². The Hall–Kier alpha value is -2.96. The highest BCUT2D eigenvalue weighted by molar-refractivity contribution is 5.95. The highest BCUT2D eigenvalue weighted by Gasteiger charge is 2.39.